The van der Waals surface area contributed by atoms with Gasteiger partial charge in [0.15, 0.2) is 5.82 Å². The minimum atomic E-state index is -0.268. The number of amides is 1. The van der Waals surface area contributed by atoms with Crippen LogP contribution in [0.25, 0.3) is 0 Å². The molecule has 0 aliphatic carbocycles. The number of fused-ring (bicyclic) bond motifs is 1. The zero-order valence-electron chi connectivity index (χ0n) is 18.1. The largest absolute Gasteiger partial charge is 0.491 e. The summed E-state index contributed by atoms with van der Waals surface area (Å²) in [5, 5.41) is 20.7. The monoisotopic (exact) mass is 436 g/mol. The quantitative estimate of drug-likeness (QED) is 0.552. The lowest BCUT2D eigenvalue weighted by Gasteiger charge is -2.20. The molecule has 1 aromatic carbocycles. The molecule has 0 fully saturated rings. The highest BCUT2D eigenvalue weighted by atomic mass is 16.5. The van der Waals surface area contributed by atoms with Gasteiger partial charge < -0.3 is 19.7 Å². The third kappa shape index (κ3) is 5.30. The zero-order valence-corrected chi connectivity index (χ0v) is 18.1. The molecule has 1 amide bonds. The smallest absolute Gasteiger partial charge is 0.253 e. The van der Waals surface area contributed by atoms with Crippen molar-refractivity contribution < 1.29 is 14.6 Å². The number of benzene rings is 1. The van der Waals surface area contributed by atoms with Crippen LogP contribution in [0.2, 0.25) is 0 Å². The Hall–Kier alpha value is -3.30. The number of pyridine rings is 1. The van der Waals surface area contributed by atoms with Crippen LogP contribution in [0.5, 0.6) is 5.75 Å². The van der Waals surface area contributed by atoms with Crippen LogP contribution in [-0.2, 0) is 19.5 Å². The van der Waals surface area contributed by atoms with Gasteiger partial charge >= 0.3 is 0 Å². The molecule has 4 rings (SSSR count). The highest BCUT2D eigenvalue weighted by Crippen LogP contribution is 2.19. The highest BCUT2D eigenvalue weighted by molar-refractivity contribution is 5.94. The van der Waals surface area contributed by atoms with Crippen molar-refractivity contribution in [3.8, 4) is 5.75 Å². The van der Waals surface area contributed by atoms with E-state index in [1.54, 1.807) is 24.5 Å². The van der Waals surface area contributed by atoms with Gasteiger partial charge in [0.05, 0.1) is 18.2 Å². The molecule has 9 nitrogen and oxygen atoms in total. The predicted octanol–water partition coefficient (Wildman–Crippen LogP) is 1.59. The molecule has 2 N–H and O–H groups in total. The second-order valence-electron chi connectivity index (χ2n) is 7.81. The van der Waals surface area contributed by atoms with E-state index in [2.05, 4.69) is 36.0 Å². The van der Waals surface area contributed by atoms with Crippen molar-refractivity contribution in [3.05, 3.63) is 71.6 Å². The van der Waals surface area contributed by atoms with E-state index in [4.69, 9.17) is 9.84 Å². The number of nitrogens with zero attached hydrogens (tertiary/aromatic N) is 5. The number of hydrogen-bond donors (Lipinski definition) is 2. The van der Waals surface area contributed by atoms with Crippen molar-refractivity contribution in [1.29, 1.82) is 0 Å². The summed E-state index contributed by atoms with van der Waals surface area (Å²) in [4.78, 5) is 18.9. The van der Waals surface area contributed by atoms with Crippen LogP contribution >= 0.6 is 0 Å². The third-order valence-electron chi connectivity index (χ3n) is 5.47. The minimum Gasteiger partial charge on any atom is -0.491 e. The third-order valence-corrected chi connectivity index (χ3v) is 5.47. The number of aliphatic hydroxyl groups excluding tert-OH is 1. The summed E-state index contributed by atoms with van der Waals surface area (Å²) in [6.07, 6.45) is 3.98. The number of aliphatic hydroxyl groups is 1. The molecule has 168 valence electrons. The Morgan fingerprint density at radius 3 is 2.94 bits per heavy atom. The Labute approximate surface area is 187 Å². The number of aromatic nitrogens is 4. The fraction of sp³-hybridized carbons (Fsp3) is 0.391. The van der Waals surface area contributed by atoms with E-state index in [0.717, 1.165) is 55.6 Å². The molecule has 0 saturated carbocycles. The van der Waals surface area contributed by atoms with Crippen LogP contribution in [0.3, 0.4) is 0 Å². The Kier molecular flexibility index (Phi) is 7.08. The van der Waals surface area contributed by atoms with Gasteiger partial charge in [-0.2, -0.15) is 0 Å². The number of hydrogen-bond acceptors (Lipinski definition) is 7. The van der Waals surface area contributed by atoms with Gasteiger partial charge in [0.2, 0.25) is 0 Å². The van der Waals surface area contributed by atoms with Crippen molar-refractivity contribution in [2.24, 2.45) is 0 Å². The van der Waals surface area contributed by atoms with Crippen LogP contribution in [0, 0.1) is 0 Å². The molecule has 1 aliphatic heterocycles. The molecule has 1 atom stereocenters. The molecule has 3 aromatic rings. The molecule has 32 heavy (non-hydrogen) atoms. The molecule has 0 spiro atoms. The summed E-state index contributed by atoms with van der Waals surface area (Å²) in [7, 11) is 0. The van der Waals surface area contributed by atoms with Crippen LogP contribution < -0.4 is 10.1 Å². The average Bonchev–Trinajstić information content (AvgIpc) is 3.13. The molecular weight excluding hydrogens is 408 g/mol. The number of carbonyl (C=O) groups is 1. The lowest BCUT2D eigenvalue weighted by molar-refractivity contribution is 0.0937. The van der Waals surface area contributed by atoms with Crippen molar-refractivity contribution in [1.82, 2.24) is 30.0 Å². The number of rotatable bonds is 8. The Balaban J connectivity index is 1.38. The first-order valence-electron chi connectivity index (χ1n) is 10.8. The van der Waals surface area contributed by atoms with Gasteiger partial charge in [-0.15, -0.1) is 10.2 Å². The maximum Gasteiger partial charge on any atom is 0.253 e. The molecule has 0 saturated heterocycles. The summed E-state index contributed by atoms with van der Waals surface area (Å²) in [5.74, 6) is 2.29. The first-order valence-corrected chi connectivity index (χ1v) is 10.8. The molecule has 0 radical (unpaired) electrons. The van der Waals surface area contributed by atoms with Crippen molar-refractivity contribution >= 4 is 5.91 Å². The average molecular weight is 437 g/mol. The minimum absolute atomic E-state index is 0.000695. The fourth-order valence-electron chi connectivity index (χ4n) is 3.86. The van der Waals surface area contributed by atoms with Crippen molar-refractivity contribution in [2.75, 3.05) is 26.3 Å². The van der Waals surface area contributed by atoms with Crippen LogP contribution in [0.15, 0.2) is 48.8 Å². The molecule has 9 heteroatoms. The maximum absolute atomic E-state index is 12.5. The summed E-state index contributed by atoms with van der Waals surface area (Å²) < 4.78 is 7.64. The zero-order chi connectivity index (χ0) is 22.3. The predicted molar refractivity (Wildman–Crippen MR) is 118 cm³/mol. The highest BCUT2D eigenvalue weighted by Gasteiger charge is 2.23. The normalized spacial score (nSPS) is 14.9. The molecule has 0 bridgehead atoms. The van der Waals surface area contributed by atoms with E-state index >= 15 is 0 Å². The van der Waals surface area contributed by atoms with Crippen molar-refractivity contribution in [3.63, 3.8) is 0 Å². The Morgan fingerprint density at radius 2 is 2.12 bits per heavy atom. The van der Waals surface area contributed by atoms with E-state index in [9.17, 15) is 4.79 Å². The summed E-state index contributed by atoms with van der Waals surface area (Å²) >= 11 is 0. The summed E-state index contributed by atoms with van der Waals surface area (Å²) in [6, 6.07) is 11.2. The number of ether oxygens (including phenoxy) is 1. The van der Waals surface area contributed by atoms with E-state index in [1.807, 2.05) is 25.1 Å². The van der Waals surface area contributed by atoms with E-state index < -0.39 is 0 Å². The first kappa shape index (κ1) is 21.9. The SMILES string of the molecule is C[C@@H](NC(=O)c1cccnc1)c1nnc2n1CCN(Cc1cccc(OCCO)c1)CC2. The Bertz CT molecular complexity index is 1040. The molecule has 2 aromatic heterocycles. The summed E-state index contributed by atoms with van der Waals surface area (Å²) in [5.41, 5.74) is 1.68. The second-order valence-corrected chi connectivity index (χ2v) is 7.81. The van der Waals surface area contributed by atoms with Crippen LogP contribution in [-0.4, -0.2) is 62.0 Å². The first-order chi connectivity index (χ1) is 15.6. The van der Waals surface area contributed by atoms with E-state index in [0.29, 0.717) is 12.2 Å². The molecule has 3 heterocycles. The number of carbonyl (C=O) groups excluding carboxylic acids is 1. The number of nitrogens with one attached hydrogen (secondary N) is 1. The molecule has 0 unspecified atom stereocenters. The fourth-order valence-corrected chi connectivity index (χ4v) is 3.86. The van der Waals surface area contributed by atoms with Gasteiger partial charge in [-0.05, 0) is 36.8 Å². The van der Waals surface area contributed by atoms with Crippen LogP contribution in [0.4, 0.5) is 0 Å². The van der Waals surface area contributed by atoms with E-state index in [-0.39, 0.29) is 18.6 Å². The van der Waals surface area contributed by atoms with Gasteiger partial charge in [0.25, 0.3) is 5.91 Å². The van der Waals surface area contributed by atoms with E-state index in [1.165, 1.54) is 0 Å². The van der Waals surface area contributed by atoms with Gasteiger partial charge in [-0.3, -0.25) is 14.7 Å². The topological polar surface area (TPSA) is 105 Å². The standard InChI is InChI=1S/C23H28N6O3/c1-17(25-23(31)19-5-3-8-24-15-19)22-27-26-21-7-9-28(10-11-29(21)22)16-18-4-2-6-20(14-18)32-13-12-30/h2-6,8,14-15,17,30H,7,9-13,16H2,1H3,(H,25,31)/t17-/m1/s1. The lowest BCUT2D eigenvalue weighted by Crippen LogP contribution is -2.30. The summed E-state index contributed by atoms with van der Waals surface area (Å²) in [6.45, 7) is 5.49. The van der Waals surface area contributed by atoms with Gasteiger partial charge in [0.1, 0.15) is 18.2 Å². The molecular formula is C23H28N6O3. The van der Waals surface area contributed by atoms with Gasteiger partial charge in [-0.25, -0.2) is 0 Å². The van der Waals surface area contributed by atoms with Crippen LogP contribution in [0.1, 0.15) is 40.5 Å². The second kappa shape index (κ2) is 10.3. The van der Waals surface area contributed by atoms with Gasteiger partial charge in [0, 0.05) is 45.0 Å². The van der Waals surface area contributed by atoms with Gasteiger partial charge in [-0.1, -0.05) is 12.1 Å². The van der Waals surface area contributed by atoms with Crippen molar-refractivity contribution in [2.45, 2.75) is 32.5 Å². The maximum atomic E-state index is 12.5. The molecule has 1 aliphatic rings. The Morgan fingerprint density at radius 1 is 1.22 bits per heavy atom. The lowest BCUT2D eigenvalue weighted by atomic mass is 10.2.